The fourth-order valence-electron chi connectivity index (χ4n) is 1.74. The van der Waals surface area contributed by atoms with Crippen LogP contribution in [0.2, 0.25) is 0 Å². The Balaban J connectivity index is 2.06. The van der Waals surface area contributed by atoms with E-state index in [2.05, 4.69) is 22.2 Å². The van der Waals surface area contributed by atoms with Crippen LogP contribution in [0, 0.1) is 6.92 Å². The van der Waals surface area contributed by atoms with Crippen molar-refractivity contribution in [3.05, 3.63) is 53.6 Å². The summed E-state index contributed by atoms with van der Waals surface area (Å²) in [5.41, 5.74) is 3.06. The molecule has 0 bridgehead atoms. The predicted molar refractivity (Wildman–Crippen MR) is 74.9 cm³/mol. The molecular formula is C15H19N3O. The first kappa shape index (κ1) is 13.5. The van der Waals surface area contributed by atoms with Crippen molar-refractivity contribution >= 4 is 0 Å². The summed E-state index contributed by atoms with van der Waals surface area (Å²) >= 11 is 0. The van der Waals surface area contributed by atoms with Crippen molar-refractivity contribution in [1.29, 1.82) is 0 Å². The number of hydrogen-bond donors (Lipinski definition) is 1. The molecular weight excluding hydrogens is 238 g/mol. The molecule has 0 aromatic carbocycles. The van der Waals surface area contributed by atoms with E-state index in [1.165, 1.54) is 0 Å². The Morgan fingerprint density at radius 3 is 2.68 bits per heavy atom. The van der Waals surface area contributed by atoms with Gasteiger partial charge in [-0.3, -0.25) is 9.97 Å². The quantitative estimate of drug-likeness (QED) is 0.863. The molecule has 0 saturated carbocycles. The van der Waals surface area contributed by atoms with Crippen LogP contribution in [0.1, 0.15) is 23.9 Å². The maximum Gasteiger partial charge on any atom is 0.142 e. The van der Waals surface area contributed by atoms with Gasteiger partial charge in [0.15, 0.2) is 0 Å². The van der Waals surface area contributed by atoms with E-state index >= 15 is 0 Å². The highest BCUT2D eigenvalue weighted by molar-refractivity contribution is 5.29. The second kappa shape index (κ2) is 6.85. The van der Waals surface area contributed by atoms with Crippen molar-refractivity contribution in [2.24, 2.45) is 0 Å². The van der Waals surface area contributed by atoms with E-state index in [-0.39, 0.29) is 0 Å². The molecule has 100 valence electrons. The van der Waals surface area contributed by atoms with Crippen LogP contribution in [0.15, 0.2) is 36.7 Å². The molecule has 0 aliphatic rings. The molecule has 0 atom stereocenters. The fraction of sp³-hybridized carbons (Fsp3) is 0.333. The molecule has 0 unspecified atom stereocenters. The smallest absolute Gasteiger partial charge is 0.142 e. The van der Waals surface area contributed by atoms with Crippen LogP contribution < -0.4 is 10.1 Å². The highest BCUT2D eigenvalue weighted by Crippen LogP contribution is 2.18. The largest absolute Gasteiger partial charge is 0.487 e. The topological polar surface area (TPSA) is 47.0 Å². The summed E-state index contributed by atoms with van der Waals surface area (Å²) in [7, 11) is 0. The van der Waals surface area contributed by atoms with E-state index < -0.39 is 0 Å². The van der Waals surface area contributed by atoms with Gasteiger partial charge in [0.25, 0.3) is 0 Å². The lowest BCUT2D eigenvalue weighted by molar-refractivity contribution is 0.300. The van der Waals surface area contributed by atoms with Gasteiger partial charge in [-0.25, -0.2) is 0 Å². The van der Waals surface area contributed by atoms with Crippen molar-refractivity contribution in [1.82, 2.24) is 15.3 Å². The first-order chi connectivity index (χ1) is 9.29. The zero-order chi connectivity index (χ0) is 13.5. The van der Waals surface area contributed by atoms with Crippen molar-refractivity contribution < 1.29 is 4.74 Å². The fourth-order valence-corrected chi connectivity index (χ4v) is 1.74. The summed E-state index contributed by atoms with van der Waals surface area (Å²) in [4.78, 5) is 8.52. The lowest BCUT2D eigenvalue weighted by Gasteiger charge is -2.11. The van der Waals surface area contributed by atoms with Crippen LogP contribution in [0.3, 0.4) is 0 Å². The number of hydrogen-bond acceptors (Lipinski definition) is 4. The second-order valence-electron chi connectivity index (χ2n) is 4.32. The number of aryl methyl sites for hydroxylation is 1. The molecule has 0 aliphatic heterocycles. The van der Waals surface area contributed by atoms with Crippen molar-refractivity contribution in [2.45, 2.75) is 27.0 Å². The molecule has 4 nitrogen and oxygen atoms in total. The maximum absolute atomic E-state index is 5.84. The van der Waals surface area contributed by atoms with Gasteiger partial charge in [-0.2, -0.15) is 0 Å². The number of pyridine rings is 2. The number of rotatable bonds is 6. The molecule has 2 aromatic heterocycles. The number of nitrogens with zero attached hydrogens (tertiary/aromatic N) is 2. The molecule has 0 amide bonds. The molecule has 19 heavy (non-hydrogen) atoms. The number of ether oxygens (including phenoxy) is 1. The van der Waals surface area contributed by atoms with Gasteiger partial charge in [-0.15, -0.1) is 0 Å². The van der Waals surface area contributed by atoms with Gasteiger partial charge in [-0.1, -0.05) is 6.92 Å². The maximum atomic E-state index is 5.84. The van der Waals surface area contributed by atoms with E-state index in [0.717, 1.165) is 35.8 Å². The lowest BCUT2D eigenvalue weighted by Crippen LogP contribution is -2.14. The summed E-state index contributed by atoms with van der Waals surface area (Å²) in [6, 6.07) is 7.85. The SMILES string of the molecule is CCNCc1nc(C)ccc1OCc1ccncc1. The molecule has 0 spiro atoms. The monoisotopic (exact) mass is 257 g/mol. The normalized spacial score (nSPS) is 10.4. The predicted octanol–water partition coefficient (Wildman–Crippen LogP) is 2.47. The average molecular weight is 257 g/mol. The Bertz CT molecular complexity index is 514. The van der Waals surface area contributed by atoms with E-state index in [1.807, 2.05) is 31.2 Å². The summed E-state index contributed by atoms with van der Waals surface area (Å²) in [6.07, 6.45) is 3.54. The first-order valence-electron chi connectivity index (χ1n) is 6.48. The Morgan fingerprint density at radius 2 is 1.95 bits per heavy atom. The van der Waals surface area contributed by atoms with Gasteiger partial charge in [0.1, 0.15) is 12.4 Å². The van der Waals surface area contributed by atoms with E-state index in [4.69, 9.17) is 4.74 Å². The molecule has 1 N–H and O–H groups in total. The minimum absolute atomic E-state index is 0.534. The molecule has 0 fully saturated rings. The van der Waals surface area contributed by atoms with Crippen LogP contribution in [0.4, 0.5) is 0 Å². The van der Waals surface area contributed by atoms with Crippen LogP contribution in [-0.4, -0.2) is 16.5 Å². The van der Waals surface area contributed by atoms with Crippen molar-refractivity contribution in [2.75, 3.05) is 6.54 Å². The minimum atomic E-state index is 0.534. The highest BCUT2D eigenvalue weighted by atomic mass is 16.5. The molecule has 0 saturated heterocycles. The van der Waals surface area contributed by atoms with Gasteiger partial charge in [0.2, 0.25) is 0 Å². The highest BCUT2D eigenvalue weighted by Gasteiger charge is 2.05. The van der Waals surface area contributed by atoms with Crippen molar-refractivity contribution in [3.8, 4) is 5.75 Å². The van der Waals surface area contributed by atoms with Gasteiger partial charge in [0, 0.05) is 24.6 Å². The Hall–Kier alpha value is -1.94. The van der Waals surface area contributed by atoms with E-state index in [9.17, 15) is 0 Å². The molecule has 2 rings (SSSR count). The summed E-state index contributed by atoms with van der Waals surface area (Å²) in [6.45, 7) is 6.24. The summed E-state index contributed by atoms with van der Waals surface area (Å²) < 4.78 is 5.84. The summed E-state index contributed by atoms with van der Waals surface area (Å²) in [5.74, 6) is 0.836. The van der Waals surface area contributed by atoms with E-state index in [1.54, 1.807) is 12.4 Å². The van der Waals surface area contributed by atoms with E-state index in [0.29, 0.717) is 6.61 Å². The van der Waals surface area contributed by atoms with Crippen LogP contribution in [0.5, 0.6) is 5.75 Å². The van der Waals surface area contributed by atoms with Crippen LogP contribution >= 0.6 is 0 Å². The Kier molecular flexibility index (Phi) is 4.86. The third kappa shape index (κ3) is 4.03. The Morgan fingerprint density at radius 1 is 1.16 bits per heavy atom. The molecule has 4 heteroatoms. The molecule has 2 aromatic rings. The van der Waals surface area contributed by atoms with Gasteiger partial charge in [0.05, 0.1) is 5.69 Å². The standard InChI is InChI=1S/C15H19N3O/c1-3-16-10-14-15(5-4-12(2)18-14)19-11-13-6-8-17-9-7-13/h4-9,16H,3,10-11H2,1-2H3. The second-order valence-corrected chi connectivity index (χ2v) is 4.32. The number of aromatic nitrogens is 2. The first-order valence-corrected chi connectivity index (χ1v) is 6.48. The third-order valence-corrected chi connectivity index (χ3v) is 2.76. The van der Waals surface area contributed by atoms with Crippen LogP contribution in [0.25, 0.3) is 0 Å². The van der Waals surface area contributed by atoms with Crippen LogP contribution in [-0.2, 0) is 13.2 Å². The third-order valence-electron chi connectivity index (χ3n) is 2.76. The summed E-state index contributed by atoms with van der Waals surface area (Å²) in [5, 5.41) is 3.28. The lowest BCUT2D eigenvalue weighted by atomic mass is 10.2. The molecule has 0 aliphatic carbocycles. The Labute approximate surface area is 113 Å². The van der Waals surface area contributed by atoms with Gasteiger partial charge >= 0.3 is 0 Å². The van der Waals surface area contributed by atoms with Crippen molar-refractivity contribution in [3.63, 3.8) is 0 Å². The minimum Gasteiger partial charge on any atom is -0.487 e. The van der Waals surface area contributed by atoms with Gasteiger partial charge in [-0.05, 0) is 43.3 Å². The number of nitrogens with one attached hydrogen (secondary N) is 1. The average Bonchev–Trinajstić information content (AvgIpc) is 2.45. The zero-order valence-corrected chi connectivity index (χ0v) is 11.4. The zero-order valence-electron chi connectivity index (χ0n) is 11.4. The van der Waals surface area contributed by atoms with Gasteiger partial charge < -0.3 is 10.1 Å². The molecule has 2 heterocycles. The molecule has 0 radical (unpaired) electrons.